The summed E-state index contributed by atoms with van der Waals surface area (Å²) in [6.07, 6.45) is -2.28. The van der Waals surface area contributed by atoms with Crippen molar-refractivity contribution in [3.05, 3.63) is 29.8 Å². The van der Waals surface area contributed by atoms with E-state index in [0.29, 0.717) is 5.92 Å². The number of alkyl halides is 4. The molecule has 2 rings (SSSR count). The molecule has 0 radical (unpaired) electrons. The molecule has 0 amide bonds. The molecule has 0 aliphatic carbocycles. The van der Waals surface area contributed by atoms with Gasteiger partial charge in [-0.25, -0.2) is 0 Å². The monoisotopic (exact) mass is 291 g/mol. The van der Waals surface area contributed by atoms with Crippen molar-refractivity contribution in [2.45, 2.75) is 31.3 Å². The molecule has 1 unspecified atom stereocenters. The molecule has 0 spiro atoms. The number of nitrogens with zero attached hydrogens (tertiary/aromatic N) is 1. The summed E-state index contributed by atoms with van der Waals surface area (Å²) in [5.41, 5.74) is 0.259. The van der Waals surface area contributed by atoms with Gasteiger partial charge < -0.3 is 4.90 Å². The van der Waals surface area contributed by atoms with E-state index in [1.54, 1.807) is 12.1 Å². The van der Waals surface area contributed by atoms with Crippen molar-refractivity contribution in [2.24, 2.45) is 5.92 Å². The fourth-order valence-electron chi connectivity index (χ4n) is 2.48. The van der Waals surface area contributed by atoms with E-state index in [1.165, 1.54) is 0 Å². The second-order valence-corrected chi connectivity index (χ2v) is 5.74. The summed E-state index contributed by atoms with van der Waals surface area (Å²) < 4.78 is 37.4. The maximum Gasteiger partial charge on any atom is 0.416 e. The van der Waals surface area contributed by atoms with E-state index in [4.69, 9.17) is 11.6 Å². The van der Waals surface area contributed by atoms with Crippen LogP contribution >= 0.6 is 11.6 Å². The van der Waals surface area contributed by atoms with Crippen molar-refractivity contribution in [2.75, 3.05) is 18.0 Å². The van der Waals surface area contributed by atoms with Gasteiger partial charge in [0.15, 0.2) is 0 Å². The van der Waals surface area contributed by atoms with Crippen LogP contribution in [0.2, 0.25) is 0 Å². The minimum absolute atomic E-state index is 0.162. The second-order valence-electron chi connectivity index (χ2n) is 5.05. The van der Waals surface area contributed by atoms with Crippen molar-refractivity contribution in [1.29, 1.82) is 0 Å². The van der Waals surface area contributed by atoms with Gasteiger partial charge in [-0.05, 0) is 49.9 Å². The molecule has 1 atom stereocenters. The number of hydrogen-bond donors (Lipinski definition) is 0. The first-order chi connectivity index (χ1) is 8.88. The molecule has 5 heteroatoms. The first kappa shape index (κ1) is 14.5. The lowest BCUT2D eigenvalue weighted by molar-refractivity contribution is -0.137. The molecule has 1 aromatic rings. The number of rotatable bonds is 2. The molecule has 0 aromatic heterocycles. The molecule has 1 fully saturated rings. The van der Waals surface area contributed by atoms with E-state index in [9.17, 15) is 13.2 Å². The first-order valence-electron chi connectivity index (χ1n) is 6.44. The molecule has 1 aliphatic heterocycles. The lowest BCUT2D eigenvalue weighted by Crippen LogP contribution is -2.35. The highest BCUT2D eigenvalue weighted by atomic mass is 35.5. The van der Waals surface area contributed by atoms with Crippen LogP contribution in [-0.4, -0.2) is 18.5 Å². The zero-order chi connectivity index (χ0) is 14.0. The number of anilines is 1. The highest BCUT2D eigenvalue weighted by Gasteiger charge is 2.30. The smallest absolute Gasteiger partial charge is 0.372 e. The number of halogens is 4. The molecule has 1 aromatic carbocycles. The molecule has 0 saturated carbocycles. The Morgan fingerprint density at radius 3 is 2.11 bits per heavy atom. The average Bonchev–Trinajstić information content (AvgIpc) is 2.38. The molecule has 1 nitrogen and oxygen atoms in total. The van der Waals surface area contributed by atoms with Gasteiger partial charge in [0.1, 0.15) is 0 Å². The summed E-state index contributed by atoms with van der Waals surface area (Å²) in [7, 11) is 0. The van der Waals surface area contributed by atoms with Crippen molar-refractivity contribution < 1.29 is 13.2 Å². The Morgan fingerprint density at radius 1 is 1.16 bits per heavy atom. The van der Waals surface area contributed by atoms with Crippen LogP contribution in [0.3, 0.4) is 0 Å². The van der Waals surface area contributed by atoms with E-state index < -0.39 is 11.7 Å². The third-order valence-corrected chi connectivity index (χ3v) is 4.11. The lowest BCUT2D eigenvalue weighted by Gasteiger charge is -2.34. The van der Waals surface area contributed by atoms with Gasteiger partial charge in [-0.15, -0.1) is 11.6 Å². The Bertz CT molecular complexity index is 406. The normalized spacial score (nSPS) is 19.5. The highest BCUT2D eigenvalue weighted by Crippen LogP contribution is 2.32. The predicted molar refractivity (Wildman–Crippen MR) is 71.7 cm³/mol. The van der Waals surface area contributed by atoms with E-state index in [0.717, 1.165) is 43.8 Å². The summed E-state index contributed by atoms with van der Waals surface area (Å²) >= 11 is 6.08. The second kappa shape index (κ2) is 5.61. The van der Waals surface area contributed by atoms with Crippen molar-refractivity contribution >= 4 is 17.3 Å². The van der Waals surface area contributed by atoms with Gasteiger partial charge in [-0.2, -0.15) is 13.2 Å². The summed E-state index contributed by atoms with van der Waals surface area (Å²) in [4.78, 5) is 2.12. The fraction of sp³-hybridized carbons (Fsp3) is 0.571. The van der Waals surface area contributed by atoms with Gasteiger partial charge in [-0.3, -0.25) is 0 Å². The van der Waals surface area contributed by atoms with Crippen LogP contribution in [0.5, 0.6) is 0 Å². The topological polar surface area (TPSA) is 3.24 Å². The maximum absolute atomic E-state index is 12.5. The van der Waals surface area contributed by atoms with Crippen LogP contribution in [0, 0.1) is 5.92 Å². The Balaban J connectivity index is 2.00. The molecular weight excluding hydrogens is 275 g/mol. The predicted octanol–water partition coefficient (Wildman–Crippen LogP) is 4.55. The highest BCUT2D eigenvalue weighted by molar-refractivity contribution is 6.20. The molecule has 1 saturated heterocycles. The quantitative estimate of drug-likeness (QED) is 0.723. The van der Waals surface area contributed by atoms with Crippen LogP contribution in [0.15, 0.2) is 24.3 Å². The van der Waals surface area contributed by atoms with Crippen molar-refractivity contribution in [3.8, 4) is 0 Å². The summed E-state index contributed by atoms with van der Waals surface area (Å²) in [6.45, 7) is 3.71. The summed E-state index contributed by atoms with van der Waals surface area (Å²) in [5.74, 6) is 0.507. The van der Waals surface area contributed by atoms with Crippen molar-refractivity contribution in [1.82, 2.24) is 0 Å². The maximum atomic E-state index is 12.5. The van der Waals surface area contributed by atoms with E-state index in [2.05, 4.69) is 4.90 Å². The van der Waals surface area contributed by atoms with Crippen molar-refractivity contribution in [3.63, 3.8) is 0 Å². The Labute approximate surface area is 116 Å². The SMILES string of the molecule is CC(Cl)C1CCN(c2ccc(C(F)(F)F)cc2)CC1. The molecule has 1 aliphatic rings. The van der Waals surface area contributed by atoms with E-state index >= 15 is 0 Å². The molecule has 106 valence electrons. The lowest BCUT2D eigenvalue weighted by atomic mass is 9.93. The molecule has 0 bridgehead atoms. The van der Waals surface area contributed by atoms with Crippen LogP contribution < -0.4 is 4.90 Å². The third-order valence-electron chi connectivity index (χ3n) is 3.75. The molecule has 1 heterocycles. The molecule has 19 heavy (non-hydrogen) atoms. The summed E-state index contributed by atoms with van der Waals surface area (Å²) in [5, 5.41) is 0.162. The van der Waals surface area contributed by atoms with Gasteiger partial charge in [-0.1, -0.05) is 0 Å². The number of benzene rings is 1. The van der Waals surface area contributed by atoms with Gasteiger partial charge in [0, 0.05) is 24.2 Å². The van der Waals surface area contributed by atoms with Crippen LogP contribution in [0.4, 0.5) is 18.9 Å². The fourth-order valence-corrected chi connectivity index (χ4v) is 2.73. The van der Waals surface area contributed by atoms with Crippen LogP contribution in [-0.2, 0) is 6.18 Å². The minimum atomic E-state index is -4.26. The van der Waals surface area contributed by atoms with Crippen LogP contribution in [0.25, 0.3) is 0 Å². The largest absolute Gasteiger partial charge is 0.416 e. The Morgan fingerprint density at radius 2 is 1.68 bits per heavy atom. The molecular formula is C14H17ClF3N. The first-order valence-corrected chi connectivity index (χ1v) is 6.88. The number of piperidine rings is 1. The average molecular weight is 292 g/mol. The minimum Gasteiger partial charge on any atom is -0.372 e. The van der Waals surface area contributed by atoms with E-state index in [1.807, 2.05) is 6.92 Å². The Hall–Kier alpha value is -0.900. The third kappa shape index (κ3) is 3.56. The van der Waals surface area contributed by atoms with Gasteiger partial charge in [0.25, 0.3) is 0 Å². The number of hydrogen-bond acceptors (Lipinski definition) is 1. The van der Waals surface area contributed by atoms with Gasteiger partial charge >= 0.3 is 6.18 Å². The standard InChI is InChI=1S/C14H17ClF3N/c1-10(15)11-6-8-19(9-7-11)13-4-2-12(3-5-13)14(16,17)18/h2-5,10-11H,6-9H2,1H3. The zero-order valence-electron chi connectivity index (χ0n) is 10.8. The summed E-state index contributed by atoms with van der Waals surface area (Å²) in [6, 6.07) is 5.39. The van der Waals surface area contributed by atoms with E-state index in [-0.39, 0.29) is 5.38 Å². The zero-order valence-corrected chi connectivity index (χ0v) is 11.5. The van der Waals surface area contributed by atoms with Crippen LogP contribution in [0.1, 0.15) is 25.3 Å². The van der Waals surface area contributed by atoms with Gasteiger partial charge in [0.05, 0.1) is 5.56 Å². The molecule has 0 N–H and O–H groups in total. The van der Waals surface area contributed by atoms with Gasteiger partial charge in [0.2, 0.25) is 0 Å². The Kier molecular flexibility index (Phi) is 4.29.